The molecule has 0 spiro atoms. The standard InChI is InChI=1S/C17H15Br/c1-11-6-3-4-8-14(11)16-15-9-5-7-13(15)10-12(2)17(16)18/h3-8,10H,9H2,1-2H3. The predicted molar refractivity (Wildman–Crippen MR) is 81.8 cm³/mol. The molecule has 90 valence electrons. The van der Waals surface area contributed by atoms with E-state index in [2.05, 4.69) is 72.3 Å². The van der Waals surface area contributed by atoms with Crippen molar-refractivity contribution in [3.63, 3.8) is 0 Å². The smallest absolute Gasteiger partial charge is 0.0286 e. The Morgan fingerprint density at radius 1 is 1.06 bits per heavy atom. The van der Waals surface area contributed by atoms with E-state index < -0.39 is 0 Å². The van der Waals surface area contributed by atoms with Gasteiger partial charge in [0.1, 0.15) is 0 Å². The number of rotatable bonds is 1. The van der Waals surface area contributed by atoms with Gasteiger partial charge >= 0.3 is 0 Å². The fourth-order valence-electron chi connectivity index (χ4n) is 2.66. The second-order valence-electron chi connectivity index (χ2n) is 4.87. The molecule has 0 saturated heterocycles. The molecule has 0 atom stereocenters. The Balaban J connectivity index is 2.34. The first-order valence-electron chi connectivity index (χ1n) is 6.23. The highest BCUT2D eigenvalue weighted by Gasteiger charge is 2.18. The second kappa shape index (κ2) is 4.40. The minimum Gasteiger partial charge on any atom is -0.0795 e. The van der Waals surface area contributed by atoms with Gasteiger partial charge in [-0.25, -0.2) is 0 Å². The van der Waals surface area contributed by atoms with Gasteiger partial charge in [-0.15, -0.1) is 0 Å². The molecule has 0 nitrogen and oxygen atoms in total. The van der Waals surface area contributed by atoms with Gasteiger partial charge < -0.3 is 0 Å². The van der Waals surface area contributed by atoms with Gasteiger partial charge in [-0.3, -0.25) is 0 Å². The average molecular weight is 299 g/mol. The SMILES string of the molecule is Cc1ccccc1-c1c(Br)c(C)cc2c1CC=C2. The average Bonchev–Trinajstić information content (AvgIpc) is 2.80. The van der Waals surface area contributed by atoms with Crippen LogP contribution in [-0.2, 0) is 6.42 Å². The summed E-state index contributed by atoms with van der Waals surface area (Å²) in [5.74, 6) is 0. The lowest BCUT2D eigenvalue weighted by atomic mass is 9.92. The van der Waals surface area contributed by atoms with Crippen LogP contribution in [0.3, 0.4) is 0 Å². The highest BCUT2D eigenvalue weighted by Crippen LogP contribution is 2.40. The Morgan fingerprint density at radius 2 is 1.83 bits per heavy atom. The quantitative estimate of drug-likeness (QED) is 0.670. The molecular weight excluding hydrogens is 284 g/mol. The van der Waals surface area contributed by atoms with Gasteiger partial charge in [-0.05, 0) is 64.0 Å². The summed E-state index contributed by atoms with van der Waals surface area (Å²) in [4.78, 5) is 0. The van der Waals surface area contributed by atoms with E-state index in [1.807, 2.05) is 0 Å². The summed E-state index contributed by atoms with van der Waals surface area (Å²) < 4.78 is 1.24. The van der Waals surface area contributed by atoms with E-state index in [0.717, 1.165) is 6.42 Å². The first-order valence-corrected chi connectivity index (χ1v) is 7.02. The van der Waals surface area contributed by atoms with Gasteiger partial charge in [0.25, 0.3) is 0 Å². The van der Waals surface area contributed by atoms with Crippen LogP contribution >= 0.6 is 15.9 Å². The molecule has 0 unspecified atom stereocenters. The van der Waals surface area contributed by atoms with Gasteiger partial charge in [0.05, 0.1) is 0 Å². The van der Waals surface area contributed by atoms with Gasteiger partial charge in [0, 0.05) is 10.0 Å². The molecule has 0 aliphatic heterocycles. The number of allylic oxidation sites excluding steroid dienone is 1. The number of aryl methyl sites for hydroxylation is 2. The Hall–Kier alpha value is -1.34. The van der Waals surface area contributed by atoms with Crippen LogP contribution in [0.5, 0.6) is 0 Å². The van der Waals surface area contributed by atoms with E-state index >= 15 is 0 Å². The minimum absolute atomic E-state index is 1.04. The Kier molecular flexibility index (Phi) is 2.87. The third-order valence-corrected chi connectivity index (χ3v) is 4.64. The monoisotopic (exact) mass is 298 g/mol. The summed E-state index contributed by atoms with van der Waals surface area (Å²) in [6.07, 6.45) is 5.52. The molecule has 0 bridgehead atoms. The number of halogens is 1. The molecule has 0 N–H and O–H groups in total. The van der Waals surface area contributed by atoms with Crippen molar-refractivity contribution in [2.45, 2.75) is 20.3 Å². The third kappa shape index (κ3) is 1.74. The van der Waals surface area contributed by atoms with Crippen molar-refractivity contribution in [2.24, 2.45) is 0 Å². The first kappa shape index (κ1) is 11.7. The molecule has 0 radical (unpaired) electrons. The lowest BCUT2D eigenvalue weighted by Gasteiger charge is -2.16. The minimum atomic E-state index is 1.04. The van der Waals surface area contributed by atoms with Crippen molar-refractivity contribution in [1.82, 2.24) is 0 Å². The van der Waals surface area contributed by atoms with Crippen molar-refractivity contribution in [3.8, 4) is 11.1 Å². The highest BCUT2D eigenvalue weighted by atomic mass is 79.9. The van der Waals surface area contributed by atoms with Crippen LogP contribution in [0.15, 0.2) is 40.9 Å². The molecule has 0 saturated carbocycles. The van der Waals surface area contributed by atoms with Gasteiger partial charge in [0.15, 0.2) is 0 Å². The molecule has 1 aliphatic carbocycles. The fourth-order valence-corrected chi connectivity index (χ4v) is 3.23. The van der Waals surface area contributed by atoms with Crippen LogP contribution < -0.4 is 0 Å². The molecule has 1 heteroatoms. The molecule has 0 aromatic heterocycles. The number of hydrogen-bond donors (Lipinski definition) is 0. The second-order valence-corrected chi connectivity index (χ2v) is 5.66. The Labute approximate surface area is 116 Å². The van der Waals surface area contributed by atoms with Crippen molar-refractivity contribution >= 4 is 22.0 Å². The van der Waals surface area contributed by atoms with E-state index in [9.17, 15) is 0 Å². The van der Waals surface area contributed by atoms with Crippen molar-refractivity contribution in [3.05, 3.63) is 63.1 Å². The van der Waals surface area contributed by atoms with Crippen molar-refractivity contribution in [1.29, 1.82) is 0 Å². The summed E-state index contributed by atoms with van der Waals surface area (Å²) in [7, 11) is 0. The van der Waals surface area contributed by atoms with E-state index in [1.165, 1.54) is 37.9 Å². The molecule has 0 amide bonds. The Morgan fingerprint density at radius 3 is 2.61 bits per heavy atom. The maximum atomic E-state index is 3.78. The molecule has 2 aromatic rings. The summed E-state index contributed by atoms with van der Waals surface area (Å²) in [6.45, 7) is 4.34. The lowest BCUT2D eigenvalue weighted by Crippen LogP contribution is -1.95. The van der Waals surface area contributed by atoms with Crippen molar-refractivity contribution < 1.29 is 0 Å². The summed E-state index contributed by atoms with van der Waals surface area (Å²) in [5.41, 5.74) is 8.16. The zero-order valence-corrected chi connectivity index (χ0v) is 12.2. The van der Waals surface area contributed by atoms with Crippen LogP contribution in [0, 0.1) is 13.8 Å². The van der Waals surface area contributed by atoms with Crippen LogP contribution in [0.4, 0.5) is 0 Å². The molecule has 3 rings (SSSR count). The predicted octanol–water partition coefficient (Wildman–Crippen LogP) is 5.30. The van der Waals surface area contributed by atoms with Crippen molar-refractivity contribution in [2.75, 3.05) is 0 Å². The fraction of sp³-hybridized carbons (Fsp3) is 0.176. The van der Waals surface area contributed by atoms with Crippen LogP contribution in [-0.4, -0.2) is 0 Å². The zero-order chi connectivity index (χ0) is 12.7. The molecular formula is C17H15Br. The number of fused-ring (bicyclic) bond motifs is 1. The maximum absolute atomic E-state index is 3.78. The van der Waals surface area contributed by atoms with E-state index in [-0.39, 0.29) is 0 Å². The number of hydrogen-bond acceptors (Lipinski definition) is 0. The molecule has 2 aromatic carbocycles. The lowest BCUT2D eigenvalue weighted by molar-refractivity contribution is 1.27. The van der Waals surface area contributed by atoms with Crippen LogP contribution in [0.25, 0.3) is 17.2 Å². The van der Waals surface area contributed by atoms with E-state index in [0.29, 0.717) is 0 Å². The van der Waals surface area contributed by atoms with Crippen LogP contribution in [0.1, 0.15) is 22.3 Å². The van der Waals surface area contributed by atoms with Gasteiger partial charge in [-0.1, -0.05) is 42.5 Å². The van der Waals surface area contributed by atoms with Gasteiger partial charge in [-0.2, -0.15) is 0 Å². The maximum Gasteiger partial charge on any atom is 0.0286 e. The Bertz CT molecular complexity index is 651. The van der Waals surface area contributed by atoms with Crippen LogP contribution in [0.2, 0.25) is 0 Å². The molecule has 1 aliphatic rings. The normalized spacial score (nSPS) is 12.8. The first-order chi connectivity index (χ1) is 8.68. The summed E-state index contributed by atoms with van der Waals surface area (Å²) in [6, 6.07) is 10.9. The summed E-state index contributed by atoms with van der Waals surface area (Å²) in [5, 5.41) is 0. The zero-order valence-electron chi connectivity index (χ0n) is 10.6. The number of benzene rings is 2. The largest absolute Gasteiger partial charge is 0.0795 e. The third-order valence-electron chi connectivity index (χ3n) is 3.62. The van der Waals surface area contributed by atoms with E-state index in [4.69, 9.17) is 0 Å². The molecule has 18 heavy (non-hydrogen) atoms. The highest BCUT2D eigenvalue weighted by molar-refractivity contribution is 9.10. The topological polar surface area (TPSA) is 0 Å². The molecule has 0 heterocycles. The summed E-state index contributed by atoms with van der Waals surface area (Å²) >= 11 is 3.78. The van der Waals surface area contributed by atoms with E-state index in [1.54, 1.807) is 0 Å². The van der Waals surface area contributed by atoms with Gasteiger partial charge in [0.2, 0.25) is 0 Å². The molecule has 0 fully saturated rings.